The Labute approximate surface area is 181 Å². The first-order valence-corrected chi connectivity index (χ1v) is 10.4. The third kappa shape index (κ3) is 4.95. The maximum Gasteiger partial charge on any atom is 0.278 e. The lowest BCUT2D eigenvalue weighted by molar-refractivity contribution is 0.0988. The van der Waals surface area contributed by atoms with E-state index in [2.05, 4.69) is 27.1 Å². The highest BCUT2D eigenvalue weighted by Crippen LogP contribution is 2.24. The number of hydrogen-bond acceptors (Lipinski definition) is 5. The molecule has 160 valence electrons. The Hall–Kier alpha value is -3.16. The maximum absolute atomic E-state index is 13.3. The normalized spacial score (nSPS) is 16.8. The van der Waals surface area contributed by atoms with Gasteiger partial charge >= 0.3 is 0 Å². The van der Waals surface area contributed by atoms with Crippen molar-refractivity contribution < 1.29 is 9.18 Å². The van der Waals surface area contributed by atoms with E-state index in [9.17, 15) is 9.18 Å². The summed E-state index contributed by atoms with van der Waals surface area (Å²) in [5.74, 6) is -0.0357. The Morgan fingerprint density at radius 1 is 1.19 bits per heavy atom. The predicted molar refractivity (Wildman–Crippen MR) is 119 cm³/mol. The standard InChI is InChI=1S/C24H26FN5O/c1-17-15-30(13-12-26-17)16-18-5-10-22(28-14-18)29(2)24(31)23-21(4-3-11-27-23)19-6-8-20(25)9-7-19/h3-11,14,17,26H,12-13,15-16H2,1-2H3/t17-/m0/s1. The zero-order chi connectivity index (χ0) is 21.8. The number of piperazine rings is 1. The van der Waals surface area contributed by atoms with Crippen LogP contribution in [0.3, 0.4) is 0 Å². The van der Waals surface area contributed by atoms with Gasteiger partial charge in [-0.2, -0.15) is 0 Å². The molecule has 0 radical (unpaired) electrons. The van der Waals surface area contributed by atoms with E-state index in [0.717, 1.165) is 37.3 Å². The molecule has 0 unspecified atom stereocenters. The summed E-state index contributed by atoms with van der Waals surface area (Å²) in [4.78, 5) is 25.9. The number of nitrogens with one attached hydrogen (secondary N) is 1. The first-order valence-electron chi connectivity index (χ1n) is 10.4. The first kappa shape index (κ1) is 21.1. The molecule has 1 N–H and O–H groups in total. The fourth-order valence-electron chi connectivity index (χ4n) is 3.82. The van der Waals surface area contributed by atoms with Crippen LogP contribution in [-0.2, 0) is 6.54 Å². The smallest absolute Gasteiger partial charge is 0.278 e. The van der Waals surface area contributed by atoms with E-state index in [-0.39, 0.29) is 11.7 Å². The molecule has 3 aromatic rings. The molecular weight excluding hydrogens is 393 g/mol. The zero-order valence-electron chi connectivity index (χ0n) is 17.8. The van der Waals surface area contributed by atoms with Crippen LogP contribution in [0.2, 0.25) is 0 Å². The van der Waals surface area contributed by atoms with E-state index in [1.165, 1.54) is 17.0 Å². The van der Waals surface area contributed by atoms with Gasteiger partial charge in [0.15, 0.2) is 0 Å². The lowest BCUT2D eigenvalue weighted by atomic mass is 10.0. The highest BCUT2D eigenvalue weighted by molar-refractivity contribution is 6.08. The number of nitrogens with zero attached hydrogens (tertiary/aromatic N) is 4. The van der Waals surface area contributed by atoms with Crippen LogP contribution in [0.1, 0.15) is 23.0 Å². The van der Waals surface area contributed by atoms with Crippen LogP contribution in [0.15, 0.2) is 60.9 Å². The Morgan fingerprint density at radius 3 is 2.71 bits per heavy atom. The van der Waals surface area contributed by atoms with E-state index >= 15 is 0 Å². The van der Waals surface area contributed by atoms with E-state index in [1.807, 2.05) is 24.4 Å². The molecule has 6 nitrogen and oxygen atoms in total. The van der Waals surface area contributed by atoms with Crippen molar-refractivity contribution in [2.24, 2.45) is 0 Å². The van der Waals surface area contributed by atoms with Crippen LogP contribution in [0.5, 0.6) is 0 Å². The topological polar surface area (TPSA) is 61.4 Å². The molecule has 1 aromatic carbocycles. The lowest BCUT2D eigenvalue weighted by Crippen LogP contribution is -2.48. The summed E-state index contributed by atoms with van der Waals surface area (Å²) in [6.07, 6.45) is 3.41. The van der Waals surface area contributed by atoms with Gasteiger partial charge in [0.2, 0.25) is 0 Å². The molecule has 31 heavy (non-hydrogen) atoms. The molecule has 1 atom stereocenters. The van der Waals surface area contributed by atoms with Gasteiger partial charge in [-0.3, -0.25) is 19.6 Å². The average Bonchev–Trinajstić information content (AvgIpc) is 2.79. The van der Waals surface area contributed by atoms with Crippen molar-refractivity contribution in [1.29, 1.82) is 0 Å². The summed E-state index contributed by atoms with van der Waals surface area (Å²) in [6, 6.07) is 14.0. The Morgan fingerprint density at radius 2 is 2.00 bits per heavy atom. The van der Waals surface area contributed by atoms with Crippen molar-refractivity contribution in [3.63, 3.8) is 0 Å². The second-order valence-electron chi connectivity index (χ2n) is 7.89. The minimum atomic E-state index is -0.322. The Balaban J connectivity index is 1.50. The van der Waals surface area contributed by atoms with Crippen molar-refractivity contribution in [2.45, 2.75) is 19.5 Å². The highest BCUT2D eigenvalue weighted by atomic mass is 19.1. The number of pyridine rings is 2. The molecule has 1 amide bonds. The van der Waals surface area contributed by atoms with E-state index < -0.39 is 0 Å². The summed E-state index contributed by atoms with van der Waals surface area (Å²) in [6.45, 7) is 6.03. The summed E-state index contributed by atoms with van der Waals surface area (Å²) in [5.41, 5.74) is 2.81. The van der Waals surface area contributed by atoms with Gasteiger partial charge in [-0.25, -0.2) is 9.37 Å². The molecule has 2 aromatic heterocycles. The second kappa shape index (κ2) is 9.32. The summed E-state index contributed by atoms with van der Waals surface area (Å²) in [5, 5.41) is 3.44. The van der Waals surface area contributed by atoms with Gasteiger partial charge in [0.05, 0.1) is 0 Å². The number of carbonyl (C=O) groups is 1. The van der Waals surface area contributed by atoms with Crippen LogP contribution in [-0.4, -0.2) is 53.5 Å². The monoisotopic (exact) mass is 419 g/mol. The minimum absolute atomic E-state index is 0.267. The molecule has 1 aliphatic rings. The molecule has 7 heteroatoms. The minimum Gasteiger partial charge on any atom is -0.312 e. The molecule has 1 saturated heterocycles. The van der Waals surface area contributed by atoms with Crippen molar-refractivity contribution >= 4 is 11.7 Å². The van der Waals surface area contributed by atoms with E-state index in [1.54, 1.807) is 31.4 Å². The second-order valence-corrected chi connectivity index (χ2v) is 7.89. The van der Waals surface area contributed by atoms with Gasteiger partial charge in [-0.05, 0) is 42.3 Å². The van der Waals surface area contributed by atoms with Crippen molar-refractivity contribution in [1.82, 2.24) is 20.2 Å². The zero-order valence-corrected chi connectivity index (χ0v) is 17.8. The van der Waals surface area contributed by atoms with Gasteiger partial charge in [-0.15, -0.1) is 0 Å². The number of rotatable bonds is 5. The third-order valence-corrected chi connectivity index (χ3v) is 5.48. The predicted octanol–water partition coefficient (Wildman–Crippen LogP) is 3.35. The number of anilines is 1. The number of aromatic nitrogens is 2. The number of carbonyl (C=O) groups excluding carboxylic acids is 1. The summed E-state index contributed by atoms with van der Waals surface area (Å²) >= 11 is 0. The number of amides is 1. The Bertz CT molecular complexity index is 1040. The van der Waals surface area contributed by atoms with Crippen LogP contribution in [0, 0.1) is 5.82 Å². The van der Waals surface area contributed by atoms with Crippen molar-refractivity contribution in [2.75, 3.05) is 31.6 Å². The van der Waals surface area contributed by atoms with Crippen molar-refractivity contribution in [3.8, 4) is 11.1 Å². The fourth-order valence-corrected chi connectivity index (χ4v) is 3.82. The van der Waals surface area contributed by atoms with Gasteiger partial charge in [0, 0.05) is 57.2 Å². The molecule has 0 bridgehead atoms. The molecular formula is C24H26FN5O. The van der Waals surface area contributed by atoms with E-state index in [0.29, 0.717) is 23.1 Å². The van der Waals surface area contributed by atoms with Crippen LogP contribution in [0.4, 0.5) is 10.2 Å². The first-order chi connectivity index (χ1) is 15.0. The molecule has 0 saturated carbocycles. The summed E-state index contributed by atoms with van der Waals surface area (Å²) < 4.78 is 13.3. The van der Waals surface area contributed by atoms with Crippen LogP contribution < -0.4 is 10.2 Å². The van der Waals surface area contributed by atoms with E-state index in [4.69, 9.17) is 0 Å². The van der Waals surface area contributed by atoms with Gasteiger partial charge in [0.1, 0.15) is 17.3 Å². The lowest BCUT2D eigenvalue weighted by Gasteiger charge is -2.31. The Kier molecular flexibility index (Phi) is 6.34. The van der Waals surface area contributed by atoms with Gasteiger partial charge < -0.3 is 5.32 Å². The largest absolute Gasteiger partial charge is 0.312 e. The molecule has 4 rings (SSSR count). The van der Waals surface area contributed by atoms with Gasteiger partial charge in [-0.1, -0.05) is 24.3 Å². The maximum atomic E-state index is 13.3. The molecule has 0 spiro atoms. The average molecular weight is 420 g/mol. The SMILES string of the molecule is C[C@H]1CN(Cc2ccc(N(C)C(=O)c3ncccc3-c3ccc(F)cc3)nc2)CCN1. The number of halogens is 1. The molecule has 0 aliphatic carbocycles. The highest BCUT2D eigenvalue weighted by Gasteiger charge is 2.21. The number of benzene rings is 1. The number of hydrogen-bond donors (Lipinski definition) is 1. The fraction of sp³-hybridized carbons (Fsp3) is 0.292. The quantitative estimate of drug-likeness (QED) is 0.687. The van der Waals surface area contributed by atoms with Crippen LogP contribution in [0.25, 0.3) is 11.1 Å². The van der Waals surface area contributed by atoms with Crippen LogP contribution >= 0.6 is 0 Å². The molecule has 3 heterocycles. The third-order valence-electron chi connectivity index (χ3n) is 5.48. The van der Waals surface area contributed by atoms with Crippen molar-refractivity contribution in [3.05, 3.63) is 78.0 Å². The summed E-state index contributed by atoms with van der Waals surface area (Å²) in [7, 11) is 1.69. The van der Waals surface area contributed by atoms with Gasteiger partial charge in [0.25, 0.3) is 5.91 Å². The molecule has 1 fully saturated rings. The molecule has 1 aliphatic heterocycles.